The molecular weight excluding hydrogens is 360 g/mol. The minimum atomic E-state index is -3.28. The topological polar surface area (TPSA) is 116 Å². The SMILES string of the molecule is CS(=O)(=O)N1CCN(C(=O)CC2NC(=O)c3ccccc3NC2=O)CC1. The van der Waals surface area contributed by atoms with Gasteiger partial charge in [0.05, 0.1) is 23.9 Å². The Morgan fingerprint density at radius 2 is 1.81 bits per heavy atom. The summed E-state index contributed by atoms with van der Waals surface area (Å²) in [6.45, 7) is 0.960. The molecule has 0 radical (unpaired) electrons. The van der Waals surface area contributed by atoms with E-state index < -0.39 is 27.9 Å². The fourth-order valence-electron chi connectivity index (χ4n) is 3.03. The van der Waals surface area contributed by atoms with E-state index >= 15 is 0 Å². The summed E-state index contributed by atoms with van der Waals surface area (Å²) < 4.78 is 24.4. The molecule has 1 aromatic rings. The zero-order chi connectivity index (χ0) is 18.9. The lowest BCUT2D eigenvalue weighted by atomic mass is 10.1. The summed E-state index contributed by atoms with van der Waals surface area (Å²) in [5, 5.41) is 5.24. The number of anilines is 1. The Morgan fingerprint density at radius 1 is 1.15 bits per heavy atom. The molecule has 1 unspecified atom stereocenters. The van der Waals surface area contributed by atoms with Crippen LogP contribution in [0, 0.1) is 0 Å². The van der Waals surface area contributed by atoms with Crippen LogP contribution in [0.25, 0.3) is 0 Å². The van der Waals surface area contributed by atoms with Crippen molar-refractivity contribution in [3.05, 3.63) is 29.8 Å². The molecule has 2 N–H and O–H groups in total. The lowest BCUT2D eigenvalue weighted by Crippen LogP contribution is -2.52. The maximum atomic E-state index is 12.5. The third-order valence-electron chi connectivity index (χ3n) is 4.49. The van der Waals surface area contributed by atoms with Crippen molar-refractivity contribution in [1.82, 2.24) is 14.5 Å². The number of para-hydroxylation sites is 1. The van der Waals surface area contributed by atoms with Crippen LogP contribution >= 0.6 is 0 Å². The molecule has 0 saturated carbocycles. The molecule has 140 valence electrons. The maximum Gasteiger partial charge on any atom is 0.254 e. The first kappa shape index (κ1) is 18.3. The van der Waals surface area contributed by atoms with Gasteiger partial charge in [-0.3, -0.25) is 14.4 Å². The van der Waals surface area contributed by atoms with E-state index in [1.54, 1.807) is 24.3 Å². The van der Waals surface area contributed by atoms with Crippen molar-refractivity contribution >= 4 is 33.4 Å². The molecule has 2 aliphatic rings. The number of sulfonamides is 1. The lowest BCUT2D eigenvalue weighted by molar-refractivity contribution is -0.134. The van der Waals surface area contributed by atoms with Gasteiger partial charge in [0.25, 0.3) is 5.91 Å². The van der Waals surface area contributed by atoms with Crippen LogP contribution < -0.4 is 10.6 Å². The Bertz CT molecular complexity index is 846. The summed E-state index contributed by atoms with van der Waals surface area (Å²) in [6, 6.07) is 5.65. The van der Waals surface area contributed by atoms with Gasteiger partial charge in [-0.05, 0) is 12.1 Å². The van der Waals surface area contributed by atoms with Crippen molar-refractivity contribution in [2.75, 3.05) is 37.8 Å². The van der Waals surface area contributed by atoms with Gasteiger partial charge in [0.15, 0.2) is 0 Å². The Morgan fingerprint density at radius 3 is 2.46 bits per heavy atom. The lowest BCUT2D eigenvalue weighted by Gasteiger charge is -2.33. The predicted molar refractivity (Wildman–Crippen MR) is 93.9 cm³/mol. The summed E-state index contributed by atoms with van der Waals surface area (Å²) in [5.74, 6) is -1.17. The van der Waals surface area contributed by atoms with E-state index in [-0.39, 0.29) is 38.5 Å². The Hall–Kier alpha value is -2.46. The number of amides is 3. The predicted octanol–water partition coefficient (Wildman–Crippen LogP) is -0.769. The zero-order valence-corrected chi connectivity index (χ0v) is 15.1. The van der Waals surface area contributed by atoms with Gasteiger partial charge < -0.3 is 15.5 Å². The van der Waals surface area contributed by atoms with Gasteiger partial charge in [0, 0.05) is 26.2 Å². The second-order valence-corrected chi connectivity index (χ2v) is 8.29. The zero-order valence-electron chi connectivity index (χ0n) is 14.3. The summed E-state index contributed by atoms with van der Waals surface area (Å²) in [7, 11) is -3.28. The van der Waals surface area contributed by atoms with Crippen molar-refractivity contribution in [2.45, 2.75) is 12.5 Å². The van der Waals surface area contributed by atoms with Crippen molar-refractivity contribution in [3.63, 3.8) is 0 Å². The second-order valence-electron chi connectivity index (χ2n) is 6.31. The number of hydrogen-bond donors (Lipinski definition) is 2. The normalized spacial score (nSPS) is 21.4. The van der Waals surface area contributed by atoms with Gasteiger partial charge in [-0.15, -0.1) is 0 Å². The summed E-state index contributed by atoms with van der Waals surface area (Å²) in [6.07, 6.45) is 0.956. The monoisotopic (exact) mass is 380 g/mol. The van der Waals surface area contributed by atoms with Gasteiger partial charge in [-0.1, -0.05) is 12.1 Å². The molecule has 1 aromatic carbocycles. The molecule has 0 aromatic heterocycles. The Labute approximate surface area is 151 Å². The molecule has 2 heterocycles. The minimum Gasteiger partial charge on any atom is -0.340 e. The summed E-state index contributed by atoms with van der Waals surface area (Å²) >= 11 is 0. The quantitative estimate of drug-likeness (QED) is 0.714. The Kier molecular flexibility index (Phi) is 4.97. The number of piperazine rings is 1. The van der Waals surface area contributed by atoms with Gasteiger partial charge in [0.2, 0.25) is 21.8 Å². The van der Waals surface area contributed by atoms with E-state index in [0.29, 0.717) is 11.3 Å². The minimum absolute atomic E-state index is 0.176. The van der Waals surface area contributed by atoms with Gasteiger partial charge in [-0.2, -0.15) is 4.31 Å². The number of carbonyl (C=O) groups is 3. The summed E-state index contributed by atoms with van der Waals surface area (Å²) in [5.41, 5.74) is 0.754. The Balaban J connectivity index is 1.63. The molecular formula is C16H20N4O5S. The van der Waals surface area contributed by atoms with E-state index in [9.17, 15) is 22.8 Å². The molecule has 1 saturated heterocycles. The van der Waals surface area contributed by atoms with Crippen molar-refractivity contribution in [1.29, 1.82) is 0 Å². The molecule has 3 rings (SSSR count). The second kappa shape index (κ2) is 7.04. The molecule has 10 heteroatoms. The number of carbonyl (C=O) groups excluding carboxylic acids is 3. The molecule has 3 amide bonds. The highest BCUT2D eigenvalue weighted by molar-refractivity contribution is 7.88. The number of hydrogen-bond acceptors (Lipinski definition) is 5. The van der Waals surface area contributed by atoms with E-state index in [1.807, 2.05) is 0 Å². The largest absolute Gasteiger partial charge is 0.340 e. The van der Waals surface area contributed by atoms with E-state index in [1.165, 1.54) is 9.21 Å². The molecule has 0 aliphatic carbocycles. The van der Waals surface area contributed by atoms with E-state index in [0.717, 1.165) is 6.26 Å². The van der Waals surface area contributed by atoms with Gasteiger partial charge in [0.1, 0.15) is 6.04 Å². The van der Waals surface area contributed by atoms with E-state index in [2.05, 4.69) is 10.6 Å². The first-order chi connectivity index (χ1) is 12.3. The maximum absolute atomic E-state index is 12.5. The standard InChI is InChI=1S/C16H20N4O5S/c1-26(24,25)20-8-6-19(7-9-20)14(21)10-13-16(23)17-12-5-3-2-4-11(12)15(22)18-13/h2-5,13H,6-10H2,1H3,(H,17,23)(H,18,22). The highest BCUT2D eigenvalue weighted by Gasteiger charge is 2.32. The van der Waals surface area contributed by atoms with Crippen LogP contribution in [0.1, 0.15) is 16.8 Å². The average molecular weight is 380 g/mol. The molecule has 9 nitrogen and oxygen atoms in total. The molecule has 0 spiro atoms. The van der Waals surface area contributed by atoms with Crippen LogP contribution in [0.5, 0.6) is 0 Å². The average Bonchev–Trinajstić information content (AvgIpc) is 2.71. The summed E-state index contributed by atoms with van der Waals surface area (Å²) in [4.78, 5) is 38.6. The highest BCUT2D eigenvalue weighted by atomic mass is 32.2. The third-order valence-corrected chi connectivity index (χ3v) is 5.79. The van der Waals surface area contributed by atoms with Crippen LogP contribution in [0.15, 0.2) is 24.3 Å². The number of nitrogens with zero attached hydrogens (tertiary/aromatic N) is 2. The fraction of sp³-hybridized carbons (Fsp3) is 0.438. The number of rotatable bonds is 3. The molecule has 0 bridgehead atoms. The van der Waals surface area contributed by atoms with Crippen LogP contribution in [0.2, 0.25) is 0 Å². The van der Waals surface area contributed by atoms with Gasteiger partial charge in [-0.25, -0.2) is 8.42 Å². The molecule has 2 aliphatic heterocycles. The first-order valence-electron chi connectivity index (χ1n) is 8.19. The smallest absolute Gasteiger partial charge is 0.254 e. The highest BCUT2D eigenvalue weighted by Crippen LogP contribution is 2.19. The van der Waals surface area contributed by atoms with Crippen molar-refractivity contribution in [3.8, 4) is 0 Å². The van der Waals surface area contributed by atoms with Gasteiger partial charge >= 0.3 is 0 Å². The molecule has 26 heavy (non-hydrogen) atoms. The third kappa shape index (κ3) is 3.86. The molecule has 1 fully saturated rings. The first-order valence-corrected chi connectivity index (χ1v) is 10.0. The molecule has 1 atom stereocenters. The fourth-order valence-corrected chi connectivity index (χ4v) is 3.85. The number of nitrogens with one attached hydrogen (secondary N) is 2. The number of fused-ring (bicyclic) bond motifs is 1. The van der Waals surface area contributed by atoms with Crippen LogP contribution in [-0.4, -0.2) is 73.8 Å². The van der Waals surface area contributed by atoms with Crippen molar-refractivity contribution in [2.24, 2.45) is 0 Å². The number of benzene rings is 1. The van der Waals surface area contributed by atoms with E-state index in [4.69, 9.17) is 0 Å². The van der Waals surface area contributed by atoms with Crippen LogP contribution in [0.4, 0.5) is 5.69 Å². The van der Waals surface area contributed by atoms with Crippen LogP contribution in [0.3, 0.4) is 0 Å². The van der Waals surface area contributed by atoms with Crippen LogP contribution in [-0.2, 0) is 19.6 Å². The van der Waals surface area contributed by atoms with Crippen molar-refractivity contribution < 1.29 is 22.8 Å².